The number of hydrogen-bond acceptors (Lipinski definition) is 8. The number of H-pyrrole nitrogens is 1. The van der Waals surface area contributed by atoms with Gasteiger partial charge in [0.1, 0.15) is 24.7 Å². The molecule has 1 aliphatic heterocycles. The topological polar surface area (TPSA) is 135 Å². The molecule has 10 nitrogen and oxygen atoms in total. The molecular formula is C20H26Cl2N6O4S. The number of piperidine rings is 1. The van der Waals surface area contributed by atoms with Crippen molar-refractivity contribution >= 4 is 46.8 Å². The van der Waals surface area contributed by atoms with Crippen molar-refractivity contribution in [3.05, 3.63) is 33.2 Å². The number of aryl methyl sites for hydroxylation is 1. The maximum absolute atomic E-state index is 12.5. The van der Waals surface area contributed by atoms with Crippen molar-refractivity contribution in [3.63, 3.8) is 0 Å². The first-order valence-electron chi connectivity index (χ1n) is 10.3. The Balaban J connectivity index is 1.50. The highest BCUT2D eigenvalue weighted by Gasteiger charge is 2.24. The summed E-state index contributed by atoms with van der Waals surface area (Å²) in [4.78, 5) is 37.3. The minimum absolute atomic E-state index is 0.00384. The molecule has 33 heavy (non-hydrogen) atoms. The van der Waals surface area contributed by atoms with Crippen LogP contribution in [0.15, 0.2) is 6.07 Å². The summed E-state index contributed by atoms with van der Waals surface area (Å²) in [7, 11) is 0. The number of carbonyl (C=O) groups is 2. The standard InChI is InChI=1S/C20H26Cl2N6O4S/c1-11-15(21)16(22)17(24-11)19(30)25-12-3-5-28(6-4-12)10-32-14-9-13(18(23)29)26-20(27-14)31-7-8-33-2/h9,12,24H,3-8,10H2,1-2H3,(H2,23,29)(H,25,30). The van der Waals surface area contributed by atoms with Crippen LogP contribution in [-0.4, -0.2) is 76.1 Å². The molecule has 2 aromatic heterocycles. The number of hydrogen-bond donors (Lipinski definition) is 3. The van der Waals surface area contributed by atoms with Crippen molar-refractivity contribution in [2.45, 2.75) is 25.8 Å². The van der Waals surface area contributed by atoms with Gasteiger partial charge in [0.15, 0.2) is 0 Å². The van der Waals surface area contributed by atoms with Gasteiger partial charge in [0.05, 0.1) is 10.0 Å². The Bertz CT molecular complexity index is 997. The van der Waals surface area contributed by atoms with Crippen LogP contribution in [0.4, 0.5) is 0 Å². The van der Waals surface area contributed by atoms with E-state index in [1.54, 1.807) is 18.7 Å². The van der Waals surface area contributed by atoms with Crippen molar-refractivity contribution < 1.29 is 19.1 Å². The van der Waals surface area contributed by atoms with Crippen LogP contribution in [0.1, 0.15) is 39.5 Å². The maximum atomic E-state index is 12.5. The second-order valence-corrected chi connectivity index (χ2v) is 9.21. The molecule has 0 atom stereocenters. The molecule has 180 valence electrons. The van der Waals surface area contributed by atoms with Crippen molar-refractivity contribution in [3.8, 4) is 11.9 Å². The third kappa shape index (κ3) is 6.89. The van der Waals surface area contributed by atoms with Gasteiger partial charge in [0.25, 0.3) is 11.8 Å². The Morgan fingerprint density at radius 1 is 1.27 bits per heavy atom. The zero-order valence-corrected chi connectivity index (χ0v) is 20.6. The molecular weight excluding hydrogens is 491 g/mol. The second-order valence-electron chi connectivity index (χ2n) is 7.47. The number of likely N-dealkylation sites (tertiary alicyclic amines) is 1. The molecule has 0 aromatic carbocycles. The number of aromatic nitrogens is 3. The van der Waals surface area contributed by atoms with E-state index in [9.17, 15) is 9.59 Å². The first kappa shape index (κ1) is 25.4. The van der Waals surface area contributed by atoms with Crippen LogP contribution in [0.2, 0.25) is 10.0 Å². The fraction of sp³-hybridized carbons (Fsp3) is 0.500. The summed E-state index contributed by atoms with van der Waals surface area (Å²) >= 11 is 13.8. The lowest BCUT2D eigenvalue weighted by atomic mass is 10.1. The van der Waals surface area contributed by atoms with Gasteiger partial charge in [-0.3, -0.25) is 14.5 Å². The number of nitrogens with one attached hydrogen (secondary N) is 2. The molecule has 2 amide bonds. The van der Waals surface area contributed by atoms with Gasteiger partial charge < -0.3 is 25.5 Å². The first-order chi connectivity index (χ1) is 15.8. The minimum Gasteiger partial charge on any atom is -0.462 e. The van der Waals surface area contributed by atoms with Crippen LogP contribution >= 0.6 is 35.0 Å². The van der Waals surface area contributed by atoms with E-state index in [1.165, 1.54) is 6.07 Å². The van der Waals surface area contributed by atoms with E-state index in [1.807, 2.05) is 6.26 Å². The number of halogens is 2. The molecule has 13 heteroatoms. The summed E-state index contributed by atoms with van der Waals surface area (Å²) < 4.78 is 11.2. The number of amides is 2. The molecule has 0 unspecified atom stereocenters. The first-order valence-corrected chi connectivity index (χ1v) is 12.4. The Kier molecular flexibility index (Phi) is 9.07. The van der Waals surface area contributed by atoms with Crippen LogP contribution in [0, 0.1) is 6.92 Å². The third-order valence-electron chi connectivity index (χ3n) is 5.05. The highest BCUT2D eigenvalue weighted by molar-refractivity contribution is 7.98. The summed E-state index contributed by atoms with van der Waals surface area (Å²) in [5.41, 5.74) is 6.31. The zero-order chi connectivity index (χ0) is 24.0. The maximum Gasteiger partial charge on any atom is 0.320 e. The number of carbonyl (C=O) groups excluding carboxylic acids is 2. The van der Waals surface area contributed by atoms with Gasteiger partial charge in [0, 0.05) is 36.6 Å². The number of nitrogens with two attached hydrogens (primary N) is 1. The largest absolute Gasteiger partial charge is 0.462 e. The second kappa shape index (κ2) is 11.8. The highest BCUT2D eigenvalue weighted by Crippen LogP contribution is 2.29. The van der Waals surface area contributed by atoms with Crippen molar-refractivity contribution in [2.24, 2.45) is 5.73 Å². The smallest absolute Gasteiger partial charge is 0.320 e. The summed E-state index contributed by atoms with van der Waals surface area (Å²) in [5.74, 6) is 0.00186. The van der Waals surface area contributed by atoms with E-state index in [0.29, 0.717) is 30.4 Å². The van der Waals surface area contributed by atoms with Crippen molar-refractivity contribution in [1.82, 2.24) is 25.2 Å². The van der Waals surface area contributed by atoms with Crippen LogP contribution in [0.5, 0.6) is 11.9 Å². The van der Waals surface area contributed by atoms with Crippen LogP contribution in [-0.2, 0) is 0 Å². The molecule has 1 saturated heterocycles. The molecule has 2 aromatic rings. The monoisotopic (exact) mass is 516 g/mol. The number of aromatic amines is 1. The minimum atomic E-state index is -0.688. The number of rotatable bonds is 10. The quantitative estimate of drug-likeness (QED) is 0.409. The number of primary amides is 1. The number of thioether (sulfide) groups is 1. The molecule has 0 radical (unpaired) electrons. The van der Waals surface area contributed by atoms with Crippen LogP contribution in [0.3, 0.4) is 0 Å². The summed E-state index contributed by atoms with van der Waals surface area (Å²) in [5, 5.41) is 3.58. The molecule has 3 heterocycles. The lowest BCUT2D eigenvalue weighted by Crippen LogP contribution is -2.45. The summed E-state index contributed by atoms with van der Waals surface area (Å²) in [6, 6.07) is 1.45. The zero-order valence-electron chi connectivity index (χ0n) is 18.3. The van der Waals surface area contributed by atoms with E-state index in [0.717, 1.165) is 18.6 Å². The summed E-state index contributed by atoms with van der Waals surface area (Å²) in [6.45, 7) is 3.83. The van der Waals surface area contributed by atoms with Gasteiger partial charge in [-0.2, -0.15) is 21.7 Å². The number of ether oxygens (including phenoxy) is 2. The van der Waals surface area contributed by atoms with E-state index in [-0.39, 0.29) is 47.0 Å². The van der Waals surface area contributed by atoms with Gasteiger partial charge in [-0.25, -0.2) is 0 Å². The lowest BCUT2D eigenvalue weighted by Gasteiger charge is -2.31. The average molecular weight is 517 g/mol. The van der Waals surface area contributed by atoms with Gasteiger partial charge in [-0.15, -0.1) is 0 Å². The molecule has 0 aliphatic carbocycles. The fourth-order valence-electron chi connectivity index (χ4n) is 3.23. The average Bonchev–Trinajstić information content (AvgIpc) is 3.06. The fourth-order valence-corrected chi connectivity index (χ4v) is 3.90. The van der Waals surface area contributed by atoms with Gasteiger partial charge >= 0.3 is 6.01 Å². The van der Waals surface area contributed by atoms with Crippen LogP contribution < -0.4 is 20.5 Å². The molecule has 3 rings (SSSR count). The Morgan fingerprint density at radius 3 is 2.61 bits per heavy atom. The molecule has 1 aliphatic rings. The van der Waals surface area contributed by atoms with E-state index >= 15 is 0 Å². The van der Waals surface area contributed by atoms with Crippen molar-refractivity contribution in [1.29, 1.82) is 0 Å². The summed E-state index contributed by atoms with van der Waals surface area (Å²) in [6.07, 6.45) is 3.43. The Hall–Kier alpha value is -2.21. The normalized spacial score (nSPS) is 14.8. The van der Waals surface area contributed by atoms with Gasteiger partial charge in [-0.1, -0.05) is 23.2 Å². The molecule has 0 bridgehead atoms. The van der Waals surface area contributed by atoms with Crippen LogP contribution in [0.25, 0.3) is 0 Å². The SMILES string of the molecule is CSCCOc1nc(OCN2CCC(NC(=O)c3[nH]c(C)c(Cl)c3Cl)CC2)cc(C(N)=O)n1. The molecule has 0 saturated carbocycles. The predicted octanol–water partition coefficient (Wildman–Crippen LogP) is 2.49. The highest BCUT2D eigenvalue weighted by atomic mass is 35.5. The van der Waals surface area contributed by atoms with Gasteiger partial charge in [0.2, 0.25) is 5.88 Å². The Labute approximate surface area is 205 Å². The van der Waals surface area contributed by atoms with E-state index < -0.39 is 5.91 Å². The lowest BCUT2D eigenvalue weighted by molar-refractivity contribution is 0.0797. The van der Waals surface area contributed by atoms with E-state index in [4.69, 9.17) is 38.4 Å². The van der Waals surface area contributed by atoms with E-state index in [2.05, 4.69) is 25.2 Å². The molecule has 0 spiro atoms. The molecule has 1 fully saturated rings. The predicted molar refractivity (Wildman–Crippen MR) is 128 cm³/mol. The number of nitrogens with zero attached hydrogens (tertiary/aromatic N) is 3. The molecule has 4 N–H and O–H groups in total. The third-order valence-corrected chi connectivity index (χ3v) is 6.57. The van der Waals surface area contributed by atoms with Gasteiger partial charge in [-0.05, 0) is 26.0 Å². The Morgan fingerprint density at radius 2 is 2.00 bits per heavy atom. The van der Waals surface area contributed by atoms with Crippen molar-refractivity contribution in [2.75, 3.05) is 38.4 Å².